The lowest BCUT2D eigenvalue weighted by atomic mass is 9.88. The molecule has 2 aromatic rings. The summed E-state index contributed by atoms with van der Waals surface area (Å²) in [6, 6.07) is 17.6. The summed E-state index contributed by atoms with van der Waals surface area (Å²) in [4.78, 5) is 19.6. The van der Waals surface area contributed by atoms with Crippen LogP contribution in [0.2, 0.25) is 0 Å². The summed E-state index contributed by atoms with van der Waals surface area (Å²) in [5.41, 5.74) is 2.91. The van der Waals surface area contributed by atoms with Crippen LogP contribution in [-0.2, 0) is 9.63 Å². The van der Waals surface area contributed by atoms with E-state index in [0.717, 1.165) is 31.5 Å². The van der Waals surface area contributed by atoms with Gasteiger partial charge in [-0.1, -0.05) is 42.1 Å². The van der Waals surface area contributed by atoms with Crippen LogP contribution in [0.15, 0.2) is 72.6 Å². The maximum Gasteiger partial charge on any atom is 0.358 e. The van der Waals surface area contributed by atoms with E-state index in [2.05, 4.69) is 40.9 Å². The van der Waals surface area contributed by atoms with Crippen LogP contribution in [-0.4, -0.2) is 35.7 Å². The first-order valence-corrected chi connectivity index (χ1v) is 9.22. The Labute approximate surface area is 158 Å². The zero-order valence-corrected chi connectivity index (χ0v) is 15.1. The van der Waals surface area contributed by atoms with Gasteiger partial charge in [0.15, 0.2) is 6.04 Å². The predicted molar refractivity (Wildman–Crippen MR) is 104 cm³/mol. The van der Waals surface area contributed by atoms with E-state index in [-0.39, 0.29) is 5.97 Å². The Morgan fingerprint density at radius 1 is 1.07 bits per heavy atom. The molecule has 0 aliphatic carbocycles. The van der Waals surface area contributed by atoms with Gasteiger partial charge in [-0.25, -0.2) is 4.79 Å². The van der Waals surface area contributed by atoms with Crippen LogP contribution in [0.4, 0.5) is 0 Å². The molecule has 138 valence electrons. The van der Waals surface area contributed by atoms with E-state index >= 15 is 0 Å². The van der Waals surface area contributed by atoms with Gasteiger partial charge >= 0.3 is 5.97 Å². The van der Waals surface area contributed by atoms with Crippen molar-refractivity contribution in [3.05, 3.63) is 78.6 Å². The number of benzene rings is 2. The zero-order chi connectivity index (χ0) is 18.6. The maximum absolute atomic E-state index is 12.4. The molecule has 4 rings (SSSR count). The minimum Gasteiger partial charge on any atom is -0.466 e. The Morgan fingerprint density at radius 3 is 2.44 bits per heavy atom. The topological polar surface area (TPSA) is 51.1 Å². The second-order valence-electron chi connectivity index (χ2n) is 6.82. The number of hydrogen-bond donors (Lipinski definition) is 0. The average molecular weight is 362 g/mol. The molecular formula is C22H22N2O3. The average Bonchev–Trinajstić information content (AvgIpc) is 3.11. The summed E-state index contributed by atoms with van der Waals surface area (Å²) in [7, 11) is 0. The number of carbonyl (C=O) groups excluding carboxylic acids is 1. The lowest BCUT2D eigenvalue weighted by Gasteiger charge is -2.34. The Bertz CT molecular complexity index is 838. The van der Waals surface area contributed by atoms with E-state index in [0.29, 0.717) is 17.4 Å². The van der Waals surface area contributed by atoms with Crippen molar-refractivity contribution in [1.29, 1.82) is 0 Å². The fourth-order valence-electron chi connectivity index (χ4n) is 3.85. The normalized spacial score (nSPS) is 20.8. The lowest BCUT2D eigenvalue weighted by molar-refractivity contribution is -0.144. The molecule has 0 aromatic heterocycles. The van der Waals surface area contributed by atoms with Gasteiger partial charge < -0.3 is 9.57 Å². The molecule has 5 heteroatoms. The zero-order valence-electron chi connectivity index (χ0n) is 15.1. The number of likely N-dealkylation sites (tertiary alicyclic amines) is 1. The Morgan fingerprint density at radius 2 is 1.78 bits per heavy atom. The van der Waals surface area contributed by atoms with Crippen LogP contribution in [0.25, 0.3) is 0 Å². The molecule has 0 bridgehead atoms. The smallest absolute Gasteiger partial charge is 0.358 e. The van der Waals surface area contributed by atoms with E-state index in [4.69, 9.17) is 9.57 Å². The number of nitrogens with zero attached hydrogens (tertiary/aromatic N) is 2. The van der Waals surface area contributed by atoms with Crippen molar-refractivity contribution >= 4 is 11.7 Å². The van der Waals surface area contributed by atoms with Crippen LogP contribution in [0.1, 0.15) is 29.9 Å². The summed E-state index contributed by atoms with van der Waals surface area (Å²) >= 11 is 0. The highest BCUT2D eigenvalue weighted by atomic mass is 16.7. The molecule has 2 aliphatic rings. The number of rotatable bonds is 5. The third-order valence-electron chi connectivity index (χ3n) is 5.25. The molecule has 2 aromatic carbocycles. The van der Waals surface area contributed by atoms with Gasteiger partial charge in [0.2, 0.25) is 0 Å². The highest BCUT2D eigenvalue weighted by Gasteiger charge is 2.40. The Balaban J connectivity index is 1.47. The molecule has 0 N–H and O–H groups in total. The second-order valence-corrected chi connectivity index (χ2v) is 6.82. The molecular weight excluding hydrogens is 340 g/mol. The summed E-state index contributed by atoms with van der Waals surface area (Å²) < 4.78 is 5.26. The highest BCUT2D eigenvalue weighted by molar-refractivity contribution is 6.17. The largest absolute Gasteiger partial charge is 0.466 e. The Hall–Kier alpha value is -2.92. The number of carbonyl (C=O) groups is 1. The SMILES string of the molecule is C=COc1ccc(C2=NOC(=O)C2N2CCC(c3ccccc3)CC2)cc1. The molecule has 0 saturated carbocycles. The van der Waals surface area contributed by atoms with Crippen molar-refractivity contribution in [2.24, 2.45) is 5.16 Å². The Kier molecular flexibility index (Phi) is 5.03. The van der Waals surface area contributed by atoms with Gasteiger partial charge in [-0.3, -0.25) is 4.90 Å². The molecule has 1 saturated heterocycles. The van der Waals surface area contributed by atoms with Crippen LogP contribution < -0.4 is 4.74 Å². The first-order valence-electron chi connectivity index (χ1n) is 9.22. The monoisotopic (exact) mass is 362 g/mol. The number of piperidine rings is 1. The van der Waals surface area contributed by atoms with Crippen molar-refractivity contribution in [2.45, 2.75) is 24.8 Å². The van der Waals surface area contributed by atoms with Gasteiger partial charge in [0, 0.05) is 5.56 Å². The lowest BCUT2D eigenvalue weighted by Crippen LogP contribution is -2.48. The highest BCUT2D eigenvalue weighted by Crippen LogP contribution is 2.30. The van der Waals surface area contributed by atoms with Crippen LogP contribution >= 0.6 is 0 Å². The summed E-state index contributed by atoms with van der Waals surface area (Å²) in [5, 5.41) is 4.06. The van der Waals surface area contributed by atoms with Gasteiger partial charge in [-0.05, 0) is 61.7 Å². The molecule has 0 spiro atoms. The summed E-state index contributed by atoms with van der Waals surface area (Å²) in [5.74, 6) is 0.935. The molecule has 0 amide bonds. The van der Waals surface area contributed by atoms with E-state index in [9.17, 15) is 4.79 Å². The molecule has 1 atom stereocenters. The van der Waals surface area contributed by atoms with Crippen molar-refractivity contribution in [2.75, 3.05) is 13.1 Å². The third kappa shape index (κ3) is 3.64. The second kappa shape index (κ2) is 7.76. The quantitative estimate of drug-likeness (QED) is 0.601. The summed E-state index contributed by atoms with van der Waals surface area (Å²) in [6.45, 7) is 5.24. The maximum atomic E-state index is 12.4. The van der Waals surface area contributed by atoms with Gasteiger partial charge in [-0.15, -0.1) is 0 Å². The molecule has 0 radical (unpaired) electrons. The standard InChI is InChI=1S/C22H22N2O3/c1-2-26-19-10-8-18(9-11-19)20-21(22(25)27-23-20)24-14-12-17(13-15-24)16-6-4-3-5-7-16/h2-11,17,21H,1,12-15H2. The molecule has 1 fully saturated rings. The number of hydrogen-bond acceptors (Lipinski definition) is 5. The number of oxime groups is 1. The van der Waals surface area contributed by atoms with Gasteiger partial charge in [0.25, 0.3) is 0 Å². The fraction of sp³-hybridized carbons (Fsp3) is 0.273. The van der Waals surface area contributed by atoms with Crippen LogP contribution in [0, 0.1) is 0 Å². The minimum absolute atomic E-state index is 0.297. The first kappa shape index (κ1) is 17.5. The van der Waals surface area contributed by atoms with Gasteiger partial charge in [-0.2, -0.15) is 0 Å². The van der Waals surface area contributed by atoms with Crippen LogP contribution in [0.5, 0.6) is 5.75 Å². The molecule has 27 heavy (non-hydrogen) atoms. The van der Waals surface area contributed by atoms with E-state index in [1.54, 1.807) is 0 Å². The van der Waals surface area contributed by atoms with Gasteiger partial charge in [0.05, 0.1) is 6.26 Å². The predicted octanol–water partition coefficient (Wildman–Crippen LogP) is 3.72. The van der Waals surface area contributed by atoms with Crippen molar-refractivity contribution in [3.63, 3.8) is 0 Å². The van der Waals surface area contributed by atoms with E-state index < -0.39 is 6.04 Å². The fourth-order valence-corrected chi connectivity index (χ4v) is 3.85. The molecule has 2 aliphatic heterocycles. The van der Waals surface area contributed by atoms with Gasteiger partial charge in [0.1, 0.15) is 11.5 Å². The number of ether oxygens (including phenoxy) is 1. The van der Waals surface area contributed by atoms with Crippen molar-refractivity contribution < 1.29 is 14.4 Å². The van der Waals surface area contributed by atoms with Crippen molar-refractivity contribution in [3.8, 4) is 5.75 Å². The third-order valence-corrected chi connectivity index (χ3v) is 5.25. The first-order chi connectivity index (χ1) is 13.3. The van der Waals surface area contributed by atoms with E-state index in [1.165, 1.54) is 11.8 Å². The molecule has 1 unspecified atom stereocenters. The summed E-state index contributed by atoms with van der Waals surface area (Å²) in [6.07, 6.45) is 3.43. The van der Waals surface area contributed by atoms with Crippen molar-refractivity contribution in [1.82, 2.24) is 4.90 Å². The minimum atomic E-state index is -0.437. The molecule has 5 nitrogen and oxygen atoms in total. The van der Waals surface area contributed by atoms with E-state index in [1.807, 2.05) is 30.3 Å². The molecule has 2 heterocycles. The van der Waals surface area contributed by atoms with Crippen LogP contribution in [0.3, 0.4) is 0 Å².